The highest BCUT2D eigenvalue weighted by molar-refractivity contribution is 7.87. The first-order valence-electron chi connectivity index (χ1n) is 20.2. The number of carbonyl (C=O) groups excluding carboxylic acids is 9. The molecule has 6 aromatic rings. The first kappa shape index (κ1) is 52.6. The van der Waals surface area contributed by atoms with Crippen molar-refractivity contribution in [2.24, 2.45) is 0 Å². The summed E-state index contributed by atoms with van der Waals surface area (Å²) < 4.78 is 70.1. The lowest BCUT2D eigenvalue weighted by Gasteiger charge is -2.24. The highest BCUT2D eigenvalue weighted by atomic mass is 32.2. The van der Waals surface area contributed by atoms with Gasteiger partial charge in [-0.05, 0) is 92.0 Å². The fourth-order valence-electron chi connectivity index (χ4n) is 7.04. The van der Waals surface area contributed by atoms with Crippen molar-refractivity contribution in [2.75, 3.05) is 6.79 Å². The number of amides is 6. The fourth-order valence-corrected chi connectivity index (χ4v) is 8.82. The number of hydrogen-bond donors (Lipinski definition) is 0. The maximum atomic E-state index is 12.9. The third-order valence-electron chi connectivity index (χ3n) is 10.5. The Hall–Kier alpha value is -8.77. The van der Waals surface area contributed by atoms with Crippen LogP contribution in [0.25, 0.3) is 10.8 Å². The molecule has 23 heteroatoms. The third-order valence-corrected chi connectivity index (χ3v) is 12.9. The molecule has 3 aliphatic rings. The summed E-state index contributed by atoms with van der Waals surface area (Å²) >= 11 is 0. The van der Waals surface area contributed by atoms with E-state index >= 15 is 0 Å². The second-order valence-corrected chi connectivity index (χ2v) is 18.2. The van der Waals surface area contributed by atoms with Crippen molar-refractivity contribution < 1.29 is 82.9 Å². The summed E-state index contributed by atoms with van der Waals surface area (Å²) in [7, 11) is -9.14. The van der Waals surface area contributed by atoms with Gasteiger partial charge in [0.1, 0.15) is 0 Å². The van der Waals surface area contributed by atoms with Crippen molar-refractivity contribution in [3.63, 3.8) is 0 Å². The molecule has 0 aromatic heterocycles. The quantitative estimate of drug-likeness (QED) is 0.0782. The highest BCUT2D eigenvalue weighted by Gasteiger charge is 2.43. The van der Waals surface area contributed by atoms with Gasteiger partial charge in [-0.1, -0.05) is 79.6 Å². The summed E-state index contributed by atoms with van der Waals surface area (Å²) in [4.78, 5) is 116. The third kappa shape index (κ3) is 9.97. The summed E-state index contributed by atoms with van der Waals surface area (Å²) in [5.41, 5.74) is 0.493. The van der Waals surface area contributed by atoms with Crippen LogP contribution in [-0.2, 0) is 47.9 Å². The number of benzene rings is 6. The van der Waals surface area contributed by atoms with Gasteiger partial charge in [0.2, 0.25) is 6.79 Å². The van der Waals surface area contributed by atoms with Crippen LogP contribution < -0.4 is 0 Å². The molecule has 0 bridgehead atoms. The average molecular weight is 1020 g/mol. The molecule has 0 aliphatic carbocycles. The van der Waals surface area contributed by atoms with Crippen LogP contribution in [0.4, 0.5) is 0 Å². The zero-order chi connectivity index (χ0) is 50.4. The lowest BCUT2D eigenvalue weighted by Crippen LogP contribution is -2.41. The topological polar surface area (TPSA) is 278 Å². The Kier molecular flexibility index (Phi) is 14.8. The number of hydrogen-bond acceptors (Lipinski definition) is 18. The number of ether oxygens (including phenoxy) is 2. The first-order chi connectivity index (χ1) is 33.2. The van der Waals surface area contributed by atoms with Crippen molar-refractivity contribution in [3.05, 3.63) is 177 Å². The fraction of sp³-hybridized carbons (Fsp3) is 0.122. The van der Waals surface area contributed by atoms with Gasteiger partial charge in [0.25, 0.3) is 35.4 Å². The Morgan fingerprint density at radius 1 is 0.458 bits per heavy atom. The van der Waals surface area contributed by atoms with Crippen LogP contribution in [-0.4, -0.2) is 92.2 Å². The Bertz CT molecular complexity index is 3320. The molecule has 0 N–H and O–H groups in total. The summed E-state index contributed by atoms with van der Waals surface area (Å²) in [6, 6.07) is 27.6. The molecule has 72 heavy (non-hydrogen) atoms. The van der Waals surface area contributed by atoms with Crippen LogP contribution in [0.3, 0.4) is 0 Å². The van der Waals surface area contributed by atoms with Gasteiger partial charge >= 0.3 is 38.1 Å². The van der Waals surface area contributed by atoms with Crippen LogP contribution in [0, 0.1) is 13.8 Å². The predicted molar refractivity (Wildman–Crippen MR) is 248 cm³/mol. The summed E-state index contributed by atoms with van der Waals surface area (Å²) in [5, 5.41) is 2.03. The largest absolute Gasteiger partial charge is 0.424 e. The van der Waals surface area contributed by atoms with E-state index < -0.39 is 80.4 Å². The highest BCUT2D eigenvalue weighted by Crippen LogP contribution is 2.32. The van der Waals surface area contributed by atoms with Crippen molar-refractivity contribution in [2.45, 2.75) is 45.4 Å². The Morgan fingerprint density at radius 3 is 1.19 bits per heavy atom. The van der Waals surface area contributed by atoms with E-state index in [2.05, 4.69) is 0 Å². The SMILES string of the molecule is C.C.CC(=O)ON1C(=O)c2cccc3cccc(c23)C1=O.Cc1ccc(S(=O)(=O)ON2C(=O)c3ccc(C(=O)OCOC(=O)c4ccc5c(c4)C(=O)N(OS(=O)(=O)c4ccc(C)cc4)C5=O)cc3C2=O)cc1. The molecule has 21 nitrogen and oxygen atoms in total. The van der Waals surface area contributed by atoms with Crippen LogP contribution in [0.2, 0.25) is 0 Å². The Labute approximate surface area is 410 Å². The molecule has 0 fully saturated rings. The Balaban J connectivity index is 0.000000337. The van der Waals surface area contributed by atoms with E-state index in [1.165, 1.54) is 48.5 Å². The number of esters is 2. The standard InChI is InChI=1S/C33H22N2O14S2.C14H9NO4.2CH4/c1-18-3-9-22(10-4-18)50(42,43)48-34-28(36)24-13-7-20(15-26(24)30(34)38)32(40)46-17-47-33(41)21-8-14-25-27(16-21)31(39)35(29(25)37)49-51(44,45)23-11-5-19(2)6-12-23;1-8(16)19-15-13(17)10-6-2-4-9-5-3-7-11(12(9)10)14(15)18;;/h3-16H,17H2,1-2H3;2-7H,1H3;2*1H4. The minimum absolute atomic E-state index is 0. The molecule has 0 radical (unpaired) electrons. The van der Waals surface area contributed by atoms with Crippen LogP contribution >= 0.6 is 0 Å². The first-order valence-corrected chi connectivity index (χ1v) is 23.0. The second-order valence-electron chi connectivity index (χ2n) is 15.2. The number of fused-ring (bicyclic) bond motifs is 2. The molecule has 9 rings (SSSR count). The van der Waals surface area contributed by atoms with Crippen LogP contribution in [0.15, 0.2) is 131 Å². The van der Waals surface area contributed by atoms with Crippen molar-refractivity contribution in [3.8, 4) is 0 Å². The van der Waals surface area contributed by atoms with Crippen molar-refractivity contribution in [1.82, 2.24) is 15.2 Å². The minimum atomic E-state index is -4.57. The molecule has 370 valence electrons. The van der Waals surface area contributed by atoms with E-state index in [1.807, 2.05) is 12.1 Å². The summed E-state index contributed by atoms with van der Waals surface area (Å²) in [5.74, 6) is -8.65. The Morgan fingerprint density at radius 2 is 0.819 bits per heavy atom. The van der Waals surface area contributed by atoms with E-state index in [-0.39, 0.29) is 68.2 Å². The molecule has 0 saturated heterocycles. The molecule has 0 unspecified atom stereocenters. The lowest BCUT2D eigenvalue weighted by atomic mass is 9.95. The number of nitrogens with zero attached hydrogens (tertiary/aromatic N) is 3. The van der Waals surface area contributed by atoms with Gasteiger partial charge in [0.05, 0.1) is 54.3 Å². The molecule has 0 atom stereocenters. The number of aryl methyl sites for hydroxylation is 2. The van der Waals surface area contributed by atoms with E-state index in [4.69, 9.17) is 22.9 Å². The minimum Gasteiger partial charge on any atom is -0.424 e. The molecule has 3 heterocycles. The van der Waals surface area contributed by atoms with Gasteiger partial charge < -0.3 is 14.3 Å². The number of hydroxylamine groups is 6. The van der Waals surface area contributed by atoms with Crippen molar-refractivity contribution in [1.29, 1.82) is 0 Å². The van der Waals surface area contributed by atoms with Gasteiger partial charge in [0, 0.05) is 12.3 Å². The van der Waals surface area contributed by atoms with Crippen molar-refractivity contribution >= 4 is 84.4 Å². The number of imide groups is 3. The zero-order valence-corrected chi connectivity index (χ0v) is 37.9. The van der Waals surface area contributed by atoms with Gasteiger partial charge in [-0.15, -0.1) is 18.7 Å². The maximum absolute atomic E-state index is 12.9. The van der Waals surface area contributed by atoms with E-state index in [9.17, 15) is 60.0 Å². The summed E-state index contributed by atoms with van der Waals surface area (Å²) in [6.07, 6.45) is 0. The molecular weight excluding hydrogens is 983 g/mol. The molecule has 6 amide bonds. The number of rotatable bonds is 11. The van der Waals surface area contributed by atoms with E-state index in [1.54, 1.807) is 38.1 Å². The predicted octanol–water partition coefficient (Wildman–Crippen LogP) is 6.29. The maximum Gasteiger partial charge on any atom is 0.341 e. The number of carbonyl (C=O) groups is 9. The monoisotopic (exact) mass is 1020 g/mol. The molecule has 3 aliphatic heterocycles. The molecule has 6 aromatic carbocycles. The van der Waals surface area contributed by atoms with Gasteiger partial charge in [-0.2, -0.15) is 16.8 Å². The summed E-state index contributed by atoms with van der Waals surface area (Å²) in [6.45, 7) is 3.64. The van der Waals surface area contributed by atoms with Gasteiger partial charge in [0.15, 0.2) is 0 Å². The molecular formula is C49H39N3O18S2. The van der Waals surface area contributed by atoms with E-state index in [0.29, 0.717) is 21.6 Å². The van der Waals surface area contributed by atoms with Gasteiger partial charge in [-0.25, -0.2) is 14.4 Å². The van der Waals surface area contributed by atoms with Gasteiger partial charge in [-0.3, -0.25) is 28.8 Å². The lowest BCUT2D eigenvalue weighted by molar-refractivity contribution is -0.166. The normalized spacial score (nSPS) is 13.6. The van der Waals surface area contributed by atoms with Crippen LogP contribution in [0.5, 0.6) is 0 Å². The van der Waals surface area contributed by atoms with E-state index in [0.717, 1.165) is 59.8 Å². The average Bonchev–Trinajstić information content (AvgIpc) is 3.70. The molecule has 0 spiro atoms. The second kappa shape index (κ2) is 20.3. The smallest absolute Gasteiger partial charge is 0.341 e. The van der Waals surface area contributed by atoms with Crippen LogP contribution in [0.1, 0.15) is 116 Å². The molecule has 0 saturated carbocycles. The zero-order valence-electron chi connectivity index (χ0n) is 36.3.